The molecule has 0 spiro atoms. The van der Waals surface area contributed by atoms with Gasteiger partial charge in [-0.25, -0.2) is 0 Å². The summed E-state index contributed by atoms with van der Waals surface area (Å²) < 4.78 is 8.37. The molecule has 1 aromatic heterocycles. The fourth-order valence-corrected chi connectivity index (χ4v) is 3.97. The Bertz CT molecular complexity index is 328. The first-order valence-corrected chi connectivity index (χ1v) is 7.81. The predicted octanol–water partition coefficient (Wildman–Crippen LogP) is 4.56. The van der Waals surface area contributed by atoms with E-state index >= 15 is 0 Å². The van der Waals surface area contributed by atoms with Crippen LogP contribution in [0.1, 0.15) is 30.7 Å². The molecule has 1 fully saturated rings. The molecule has 2 heterocycles. The molecule has 0 N–H and O–H groups in total. The van der Waals surface area contributed by atoms with Gasteiger partial charge in [-0.3, -0.25) is 0 Å². The van der Waals surface area contributed by atoms with Gasteiger partial charge >= 0.3 is 0 Å². The van der Waals surface area contributed by atoms with Crippen LogP contribution in [0.5, 0.6) is 0 Å². The van der Waals surface area contributed by atoms with Crippen LogP contribution in [0.25, 0.3) is 0 Å². The van der Waals surface area contributed by atoms with Crippen LogP contribution in [-0.4, -0.2) is 10.0 Å². The molecule has 78 valence electrons. The maximum absolute atomic E-state index is 6.10. The molecule has 1 aliphatic heterocycles. The van der Waals surface area contributed by atoms with Crippen molar-refractivity contribution < 1.29 is 4.74 Å². The minimum atomic E-state index is 0.0919. The van der Waals surface area contributed by atoms with Gasteiger partial charge in [0.2, 0.25) is 0 Å². The summed E-state index contributed by atoms with van der Waals surface area (Å²) in [5.41, 5.74) is 0.0919. The van der Waals surface area contributed by atoms with Crippen molar-refractivity contribution in [2.24, 2.45) is 0 Å². The third-order valence-electron chi connectivity index (χ3n) is 2.58. The summed E-state index contributed by atoms with van der Waals surface area (Å²) in [7, 11) is 0. The van der Waals surface area contributed by atoms with E-state index in [1.165, 1.54) is 15.8 Å². The molecule has 0 radical (unpaired) electrons. The first-order valence-electron chi connectivity index (χ1n) is 4.61. The zero-order chi connectivity index (χ0) is 10.2. The van der Waals surface area contributed by atoms with Crippen LogP contribution in [0.2, 0.25) is 0 Å². The summed E-state index contributed by atoms with van der Waals surface area (Å²) in [6.45, 7) is 2.21. The summed E-state index contributed by atoms with van der Waals surface area (Å²) in [5, 5.41) is 2.11. The van der Waals surface area contributed by atoms with Crippen LogP contribution in [0.15, 0.2) is 15.9 Å². The summed E-state index contributed by atoms with van der Waals surface area (Å²) >= 11 is 7.76. The lowest BCUT2D eigenvalue weighted by Crippen LogP contribution is -2.24. The van der Waals surface area contributed by atoms with Crippen molar-refractivity contribution in [3.05, 3.63) is 20.8 Å². The summed E-state index contributed by atoms with van der Waals surface area (Å²) in [6.07, 6.45) is 2.63. The van der Waals surface area contributed by atoms with Gasteiger partial charge < -0.3 is 4.74 Å². The van der Waals surface area contributed by atoms with Crippen molar-refractivity contribution in [2.75, 3.05) is 4.43 Å². The van der Waals surface area contributed by atoms with E-state index < -0.39 is 0 Å². The lowest BCUT2D eigenvalue weighted by atomic mass is 10.1. The second kappa shape index (κ2) is 4.39. The van der Waals surface area contributed by atoms with Gasteiger partial charge in [-0.05, 0) is 47.1 Å². The molecule has 0 bridgehead atoms. The van der Waals surface area contributed by atoms with E-state index in [2.05, 4.69) is 56.9 Å². The Morgan fingerprint density at radius 2 is 2.57 bits per heavy atom. The summed E-state index contributed by atoms with van der Waals surface area (Å²) in [6, 6.07) is 2.10. The minimum Gasteiger partial charge on any atom is -0.366 e. The van der Waals surface area contributed by atoms with E-state index in [1.54, 1.807) is 11.3 Å². The highest BCUT2D eigenvalue weighted by molar-refractivity contribution is 14.1. The van der Waals surface area contributed by atoms with Gasteiger partial charge in [0.15, 0.2) is 0 Å². The largest absolute Gasteiger partial charge is 0.366 e. The number of hydrogen-bond donors (Lipinski definition) is 0. The van der Waals surface area contributed by atoms with Crippen molar-refractivity contribution in [3.8, 4) is 0 Å². The smallest absolute Gasteiger partial charge is 0.0936 e. The first-order chi connectivity index (χ1) is 6.64. The average molecular weight is 387 g/mol. The van der Waals surface area contributed by atoms with E-state index in [9.17, 15) is 0 Å². The van der Waals surface area contributed by atoms with Crippen LogP contribution in [0, 0.1) is 0 Å². The van der Waals surface area contributed by atoms with Gasteiger partial charge in [0, 0.05) is 13.8 Å². The van der Waals surface area contributed by atoms with Crippen LogP contribution in [0.3, 0.4) is 0 Å². The molecule has 0 aliphatic carbocycles. The fourth-order valence-electron chi connectivity index (χ4n) is 1.72. The summed E-state index contributed by atoms with van der Waals surface area (Å²) in [4.78, 5) is 1.35. The van der Waals surface area contributed by atoms with Crippen LogP contribution < -0.4 is 0 Å². The lowest BCUT2D eigenvalue weighted by molar-refractivity contribution is -0.00963. The Morgan fingerprint density at radius 3 is 3.07 bits per heavy atom. The number of alkyl halides is 1. The van der Waals surface area contributed by atoms with E-state index in [-0.39, 0.29) is 5.60 Å². The van der Waals surface area contributed by atoms with E-state index in [0.29, 0.717) is 6.10 Å². The zero-order valence-electron chi connectivity index (χ0n) is 7.93. The second-order valence-electron chi connectivity index (χ2n) is 3.86. The van der Waals surface area contributed by atoms with E-state index in [4.69, 9.17) is 4.74 Å². The average Bonchev–Trinajstić information content (AvgIpc) is 2.73. The molecular formula is C10H12BrIOS. The highest BCUT2D eigenvalue weighted by atomic mass is 127. The third kappa shape index (κ3) is 2.18. The quantitative estimate of drug-likeness (QED) is 0.535. The Labute approximate surface area is 110 Å². The van der Waals surface area contributed by atoms with Crippen LogP contribution >= 0.6 is 49.9 Å². The summed E-state index contributed by atoms with van der Waals surface area (Å²) in [5.74, 6) is 0. The van der Waals surface area contributed by atoms with Gasteiger partial charge in [-0.1, -0.05) is 22.6 Å². The lowest BCUT2D eigenvalue weighted by Gasteiger charge is -2.21. The number of halogens is 2. The van der Waals surface area contributed by atoms with Gasteiger partial charge in [0.05, 0.1) is 11.7 Å². The zero-order valence-corrected chi connectivity index (χ0v) is 12.5. The maximum Gasteiger partial charge on any atom is 0.0936 e. The Morgan fingerprint density at radius 1 is 1.79 bits per heavy atom. The van der Waals surface area contributed by atoms with Crippen molar-refractivity contribution in [2.45, 2.75) is 31.5 Å². The first kappa shape index (κ1) is 11.4. The predicted molar refractivity (Wildman–Crippen MR) is 72.4 cm³/mol. The molecule has 0 amide bonds. The number of ether oxygens (including phenoxy) is 1. The van der Waals surface area contributed by atoms with Gasteiger partial charge in [-0.15, -0.1) is 11.3 Å². The molecule has 1 aromatic rings. The van der Waals surface area contributed by atoms with Crippen molar-refractivity contribution >= 4 is 49.9 Å². The van der Waals surface area contributed by atoms with Crippen molar-refractivity contribution in [1.82, 2.24) is 0 Å². The number of thiophene rings is 1. The SMILES string of the molecule is CC1(CI)CCC(c2sccc2Br)O1. The van der Waals surface area contributed by atoms with E-state index in [1.807, 2.05) is 0 Å². The van der Waals surface area contributed by atoms with Crippen LogP contribution in [0.4, 0.5) is 0 Å². The maximum atomic E-state index is 6.10. The Hall–Kier alpha value is 0.870. The molecule has 1 saturated heterocycles. The topological polar surface area (TPSA) is 9.23 Å². The highest BCUT2D eigenvalue weighted by Gasteiger charge is 2.36. The Kier molecular flexibility index (Phi) is 3.56. The third-order valence-corrected chi connectivity index (χ3v) is 6.16. The molecule has 1 aliphatic rings. The van der Waals surface area contributed by atoms with Crippen molar-refractivity contribution in [1.29, 1.82) is 0 Å². The number of rotatable bonds is 2. The monoisotopic (exact) mass is 386 g/mol. The molecule has 0 aromatic carbocycles. The molecule has 14 heavy (non-hydrogen) atoms. The molecule has 2 atom stereocenters. The molecule has 2 rings (SSSR count). The Balaban J connectivity index is 2.13. The van der Waals surface area contributed by atoms with Gasteiger partial charge in [-0.2, -0.15) is 0 Å². The molecule has 0 saturated carbocycles. The van der Waals surface area contributed by atoms with Gasteiger partial charge in [0.25, 0.3) is 0 Å². The molecule has 2 unspecified atom stereocenters. The van der Waals surface area contributed by atoms with Crippen molar-refractivity contribution in [3.63, 3.8) is 0 Å². The second-order valence-corrected chi connectivity index (χ2v) is 6.43. The highest BCUT2D eigenvalue weighted by Crippen LogP contribution is 2.44. The fraction of sp³-hybridized carbons (Fsp3) is 0.600. The van der Waals surface area contributed by atoms with E-state index in [0.717, 1.165) is 10.8 Å². The van der Waals surface area contributed by atoms with Gasteiger partial charge in [0.1, 0.15) is 0 Å². The molecular weight excluding hydrogens is 375 g/mol. The minimum absolute atomic E-state index is 0.0919. The molecule has 4 heteroatoms. The molecule has 1 nitrogen and oxygen atoms in total. The number of hydrogen-bond acceptors (Lipinski definition) is 2. The standard InChI is InChI=1S/C10H12BrIOS/c1-10(6-12)4-2-8(13-10)9-7(11)3-5-14-9/h3,5,8H,2,4,6H2,1H3. The van der Waals surface area contributed by atoms with Crippen LogP contribution in [-0.2, 0) is 4.74 Å². The normalized spacial score (nSPS) is 32.4.